The standard InChI is InChI=1S/C17H20N2O4S/c20-15(18-13-7-5-12(6-8-13)17(22)23)14-9-24-10-19(14)16(21)11-3-1-2-4-11/h5-8,11,14H,1-4,9-10H2,(H,18,20)(H,22,23). The highest BCUT2D eigenvalue weighted by molar-refractivity contribution is 7.99. The highest BCUT2D eigenvalue weighted by Gasteiger charge is 2.38. The van der Waals surface area contributed by atoms with Gasteiger partial charge in [-0.25, -0.2) is 4.79 Å². The Morgan fingerprint density at radius 2 is 1.79 bits per heavy atom. The molecule has 2 amide bonds. The summed E-state index contributed by atoms with van der Waals surface area (Å²) in [5.41, 5.74) is 0.706. The molecule has 0 radical (unpaired) electrons. The highest BCUT2D eigenvalue weighted by Crippen LogP contribution is 2.31. The van der Waals surface area contributed by atoms with Gasteiger partial charge in [0.15, 0.2) is 0 Å². The summed E-state index contributed by atoms with van der Waals surface area (Å²) < 4.78 is 0. The number of carbonyl (C=O) groups excluding carboxylic acids is 2. The number of anilines is 1. The van der Waals surface area contributed by atoms with Crippen molar-refractivity contribution in [2.24, 2.45) is 5.92 Å². The Balaban J connectivity index is 1.64. The molecule has 2 aliphatic rings. The molecule has 1 aromatic carbocycles. The highest BCUT2D eigenvalue weighted by atomic mass is 32.2. The monoisotopic (exact) mass is 348 g/mol. The molecule has 0 aromatic heterocycles. The Labute approximate surface area is 144 Å². The second-order valence-electron chi connectivity index (χ2n) is 6.18. The lowest BCUT2D eigenvalue weighted by Crippen LogP contribution is -2.46. The van der Waals surface area contributed by atoms with E-state index in [1.165, 1.54) is 12.1 Å². The number of nitrogens with zero attached hydrogens (tertiary/aromatic N) is 1. The largest absolute Gasteiger partial charge is 0.478 e. The first-order chi connectivity index (χ1) is 11.6. The first kappa shape index (κ1) is 16.8. The average molecular weight is 348 g/mol. The van der Waals surface area contributed by atoms with Gasteiger partial charge in [-0.2, -0.15) is 0 Å². The van der Waals surface area contributed by atoms with Crippen LogP contribution in [0.15, 0.2) is 24.3 Å². The van der Waals surface area contributed by atoms with Crippen LogP contribution in [0.1, 0.15) is 36.0 Å². The first-order valence-corrected chi connectivity index (χ1v) is 9.24. The van der Waals surface area contributed by atoms with Gasteiger partial charge in [-0.3, -0.25) is 9.59 Å². The number of thioether (sulfide) groups is 1. The second kappa shape index (κ2) is 7.25. The SMILES string of the molecule is O=C(O)c1ccc(NC(=O)C2CSCN2C(=O)C2CCCC2)cc1. The molecule has 0 spiro atoms. The summed E-state index contributed by atoms with van der Waals surface area (Å²) >= 11 is 1.59. The van der Waals surface area contributed by atoms with Crippen molar-refractivity contribution in [3.63, 3.8) is 0 Å². The van der Waals surface area contributed by atoms with Gasteiger partial charge in [-0.1, -0.05) is 12.8 Å². The van der Waals surface area contributed by atoms with Crippen LogP contribution in [-0.2, 0) is 9.59 Å². The smallest absolute Gasteiger partial charge is 0.335 e. The molecular formula is C17H20N2O4S. The molecule has 24 heavy (non-hydrogen) atoms. The molecule has 1 unspecified atom stereocenters. The average Bonchev–Trinajstić information content (AvgIpc) is 3.26. The third-order valence-electron chi connectivity index (χ3n) is 4.57. The van der Waals surface area contributed by atoms with E-state index in [0.29, 0.717) is 17.3 Å². The minimum absolute atomic E-state index is 0.0638. The van der Waals surface area contributed by atoms with Gasteiger partial charge < -0.3 is 15.3 Å². The third-order valence-corrected chi connectivity index (χ3v) is 5.58. The molecule has 3 rings (SSSR count). The van der Waals surface area contributed by atoms with Crippen molar-refractivity contribution in [2.45, 2.75) is 31.7 Å². The van der Waals surface area contributed by atoms with E-state index in [9.17, 15) is 14.4 Å². The van der Waals surface area contributed by atoms with E-state index in [4.69, 9.17) is 5.11 Å². The van der Waals surface area contributed by atoms with Crippen molar-refractivity contribution in [1.82, 2.24) is 4.90 Å². The Kier molecular flexibility index (Phi) is 5.08. The van der Waals surface area contributed by atoms with E-state index in [1.54, 1.807) is 28.8 Å². The van der Waals surface area contributed by atoms with Crippen LogP contribution < -0.4 is 5.32 Å². The predicted molar refractivity (Wildman–Crippen MR) is 91.9 cm³/mol. The summed E-state index contributed by atoms with van der Waals surface area (Å²) in [6, 6.07) is 5.56. The lowest BCUT2D eigenvalue weighted by molar-refractivity contribution is -0.139. The summed E-state index contributed by atoms with van der Waals surface area (Å²) in [4.78, 5) is 37.7. The molecule has 2 N–H and O–H groups in total. The van der Waals surface area contributed by atoms with Gasteiger partial charge >= 0.3 is 5.97 Å². The van der Waals surface area contributed by atoms with Crippen molar-refractivity contribution >= 4 is 35.2 Å². The summed E-state index contributed by atoms with van der Waals surface area (Å²) in [5, 5.41) is 11.7. The lowest BCUT2D eigenvalue weighted by Gasteiger charge is -2.25. The van der Waals surface area contributed by atoms with Crippen LogP contribution in [0.3, 0.4) is 0 Å². The molecule has 7 heteroatoms. The van der Waals surface area contributed by atoms with Crippen LogP contribution in [0, 0.1) is 5.92 Å². The second-order valence-corrected chi connectivity index (χ2v) is 7.18. The van der Waals surface area contributed by atoms with E-state index in [2.05, 4.69) is 5.32 Å². The number of benzene rings is 1. The maximum atomic E-state index is 12.6. The van der Waals surface area contributed by atoms with Gasteiger partial charge in [-0.05, 0) is 37.1 Å². The topological polar surface area (TPSA) is 86.7 Å². The summed E-state index contributed by atoms with van der Waals surface area (Å²) in [6.45, 7) is 0. The van der Waals surface area contributed by atoms with Crippen molar-refractivity contribution in [1.29, 1.82) is 0 Å². The Bertz CT molecular complexity index is 640. The van der Waals surface area contributed by atoms with E-state index in [-0.39, 0.29) is 23.3 Å². The number of carboxylic acids is 1. The first-order valence-electron chi connectivity index (χ1n) is 8.08. The zero-order valence-electron chi connectivity index (χ0n) is 13.2. The zero-order valence-corrected chi connectivity index (χ0v) is 14.1. The minimum Gasteiger partial charge on any atom is -0.478 e. The fraction of sp³-hybridized carbons (Fsp3) is 0.471. The van der Waals surface area contributed by atoms with E-state index >= 15 is 0 Å². The minimum atomic E-state index is -1.01. The summed E-state index contributed by atoms with van der Waals surface area (Å²) in [7, 11) is 0. The van der Waals surface area contributed by atoms with Crippen LogP contribution in [0.25, 0.3) is 0 Å². The molecule has 2 fully saturated rings. The lowest BCUT2D eigenvalue weighted by atomic mass is 10.1. The number of rotatable bonds is 4. The Morgan fingerprint density at radius 3 is 2.42 bits per heavy atom. The quantitative estimate of drug-likeness (QED) is 0.873. The van der Waals surface area contributed by atoms with Crippen LogP contribution in [0.2, 0.25) is 0 Å². The van der Waals surface area contributed by atoms with E-state index in [1.807, 2.05) is 0 Å². The van der Waals surface area contributed by atoms with Crippen molar-refractivity contribution < 1.29 is 19.5 Å². The maximum Gasteiger partial charge on any atom is 0.335 e. The van der Waals surface area contributed by atoms with Gasteiger partial charge in [0.2, 0.25) is 11.8 Å². The van der Waals surface area contributed by atoms with Gasteiger partial charge in [0.05, 0.1) is 11.4 Å². The molecule has 1 atom stereocenters. The normalized spacial score (nSPS) is 21.0. The fourth-order valence-corrected chi connectivity index (χ4v) is 4.37. The molecule has 1 aliphatic heterocycles. The molecule has 0 bridgehead atoms. The Morgan fingerprint density at radius 1 is 1.12 bits per heavy atom. The summed E-state index contributed by atoms with van der Waals surface area (Å²) in [5.74, 6) is 0.0960. The number of aromatic carboxylic acids is 1. The number of hydrogen-bond donors (Lipinski definition) is 2. The van der Waals surface area contributed by atoms with Crippen molar-refractivity contribution in [2.75, 3.05) is 16.9 Å². The number of nitrogens with one attached hydrogen (secondary N) is 1. The molecule has 1 heterocycles. The number of carbonyl (C=O) groups is 3. The van der Waals surface area contributed by atoms with Gasteiger partial charge in [-0.15, -0.1) is 11.8 Å². The van der Waals surface area contributed by atoms with Crippen LogP contribution in [0.5, 0.6) is 0 Å². The van der Waals surface area contributed by atoms with Crippen molar-refractivity contribution in [3.05, 3.63) is 29.8 Å². The van der Waals surface area contributed by atoms with Crippen LogP contribution in [-0.4, -0.2) is 45.5 Å². The number of carboxylic acid groups (broad SMARTS) is 1. The third kappa shape index (κ3) is 3.56. The molecule has 1 saturated heterocycles. The molecule has 1 aromatic rings. The predicted octanol–water partition coefficient (Wildman–Crippen LogP) is 2.42. The number of amides is 2. The van der Waals surface area contributed by atoms with Gasteiger partial charge in [0, 0.05) is 17.4 Å². The van der Waals surface area contributed by atoms with Crippen molar-refractivity contribution in [3.8, 4) is 0 Å². The van der Waals surface area contributed by atoms with E-state index < -0.39 is 12.0 Å². The zero-order chi connectivity index (χ0) is 17.1. The molecule has 1 saturated carbocycles. The van der Waals surface area contributed by atoms with Gasteiger partial charge in [0.1, 0.15) is 6.04 Å². The molecular weight excluding hydrogens is 328 g/mol. The molecule has 6 nitrogen and oxygen atoms in total. The molecule has 128 valence electrons. The number of hydrogen-bond acceptors (Lipinski definition) is 4. The van der Waals surface area contributed by atoms with Crippen LogP contribution in [0.4, 0.5) is 5.69 Å². The van der Waals surface area contributed by atoms with E-state index in [0.717, 1.165) is 25.7 Å². The summed E-state index contributed by atoms with van der Waals surface area (Å²) in [6.07, 6.45) is 4.02. The fourth-order valence-electron chi connectivity index (χ4n) is 3.21. The Hall–Kier alpha value is -2.02. The van der Waals surface area contributed by atoms with Crippen LogP contribution >= 0.6 is 11.8 Å². The molecule has 1 aliphatic carbocycles. The maximum absolute atomic E-state index is 12.6. The van der Waals surface area contributed by atoms with Gasteiger partial charge in [0.25, 0.3) is 0 Å².